The summed E-state index contributed by atoms with van der Waals surface area (Å²) in [6, 6.07) is 5.64. The molecule has 1 amide bonds. The number of nitro benzene ring substituents is 1. The second-order valence-electron chi connectivity index (χ2n) is 7.57. The van der Waals surface area contributed by atoms with Gasteiger partial charge in [0, 0.05) is 50.1 Å². The van der Waals surface area contributed by atoms with E-state index in [1.807, 2.05) is 0 Å². The maximum Gasteiger partial charge on any atom is 0.301 e. The van der Waals surface area contributed by atoms with Crippen molar-refractivity contribution in [1.82, 2.24) is 25.3 Å². The number of aromatic nitrogens is 2. The predicted molar refractivity (Wildman–Crippen MR) is 109 cm³/mol. The van der Waals surface area contributed by atoms with Gasteiger partial charge in [-0.2, -0.15) is 0 Å². The van der Waals surface area contributed by atoms with Gasteiger partial charge in [0.1, 0.15) is 18.3 Å². The van der Waals surface area contributed by atoms with E-state index >= 15 is 0 Å². The number of carbonyl (C=O) groups excluding carboxylic acids is 1. The van der Waals surface area contributed by atoms with Crippen molar-refractivity contribution in [2.45, 2.75) is 24.5 Å². The number of benzene rings is 1. The Balaban J connectivity index is 1.68. The Morgan fingerprint density at radius 2 is 1.94 bits per heavy atom. The van der Waals surface area contributed by atoms with Crippen LogP contribution in [0.2, 0.25) is 0 Å². The molecule has 13 heteroatoms. The van der Waals surface area contributed by atoms with Gasteiger partial charge in [0.15, 0.2) is 6.23 Å². The number of nitrogens with one attached hydrogen (secondary N) is 2. The van der Waals surface area contributed by atoms with Gasteiger partial charge >= 0.3 is 5.91 Å². The van der Waals surface area contributed by atoms with Crippen LogP contribution in [0.1, 0.15) is 16.8 Å². The number of rotatable bonds is 6. The number of amides is 1. The van der Waals surface area contributed by atoms with Crippen molar-refractivity contribution >= 4 is 11.6 Å². The molecular formula is C19H24N6O7. The topological polar surface area (TPSA) is 175 Å². The van der Waals surface area contributed by atoms with Gasteiger partial charge in [0.25, 0.3) is 5.69 Å². The number of nitrogens with zero attached hydrogens (tertiary/aromatic N) is 4. The molecule has 0 spiro atoms. The van der Waals surface area contributed by atoms with Gasteiger partial charge in [-0.05, 0) is 12.1 Å². The van der Waals surface area contributed by atoms with E-state index in [1.165, 1.54) is 35.0 Å². The van der Waals surface area contributed by atoms with Crippen molar-refractivity contribution in [3.05, 3.63) is 46.4 Å². The quantitative estimate of drug-likeness (QED) is 0.262. The summed E-state index contributed by atoms with van der Waals surface area (Å²) >= 11 is 0. The van der Waals surface area contributed by atoms with Gasteiger partial charge in [-0.3, -0.25) is 24.9 Å². The van der Waals surface area contributed by atoms with Gasteiger partial charge in [-0.15, -0.1) is 0 Å². The molecule has 3 heterocycles. The number of hydrogen-bond donors (Lipinski definition) is 5. The molecule has 0 radical (unpaired) electrons. The molecule has 4 rings (SSSR count). The van der Waals surface area contributed by atoms with E-state index in [0.29, 0.717) is 37.4 Å². The van der Waals surface area contributed by atoms with Crippen molar-refractivity contribution in [2.75, 3.05) is 32.8 Å². The number of piperazine rings is 1. The molecule has 13 nitrogen and oxygen atoms in total. The molecule has 4 atom stereocenters. The Morgan fingerprint density at radius 3 is 2.53 bits per heavy atom. The lowest BCUT2D eigenvalue weighted by Crippen LogP contribution is -2.52. The average molecular weight is 448 g/mol. The smallest absolute Gasteiger partial charge is 0.301 e. The van der Waals surface area contributed by atoms with Crippen LogP contribution in [0.25, 0.3) is 11.3 Å². The van der Waals surface area contributed by atoms with E-state index in [2.05, 4.69) is 15.7 Å². The van der Waals surface area contributed by atoms with Gasteiger partial charge in [-0.25, -0.2) is 9.99 Å². The van der Waals surface area contributed by atoms with Crippen LogP contribution in [0.15, 0.2) is 30.5 Å². The molecule has 0 saturated carbocycles. The number of ether oxygens (including phenoxy) is 1. The van der Waals surface area contributed by atoms with E-state index < -0.39 is 42.0 Å². The predicted octanol–water partition coefficient (Wildman–Crippen LogP) is -1.38. The highest BCUT2D eigenvalue weighted by atomic mass is 16.6. The summed E-state index contributed by atoms with van der Waals surface area (Å²) in [6.07, 6.45) is -3.47. The van der Waals surface area contributed by atoms with Gasteiger partial charge in [0.2, 0.25) is 5.82 Å². The number of aliphatic hydroxyl groups excluding tert-OH is 3. The zero-order chi connectivity index (χ0) is 22.8. The number of carbonyl (C=O) groups is 1. The first-order valence-electron chi connectivity index (χ1n) is 10.1. The molecule has 5 N–H and O–H groups in total. The summed E-state index contributed by atoms with van der Waals surface area (Å²) in [5.41, 5.74) is 3.52. The first-order chi connectivity index (χ1) is 15.4. The highest BCUT2D eigenvalue weighted by Crippen LogP contribution is 2.32. The minimum atomic E-state index is -1.41. The van der Waals surface area contributed by atoms with Crippen LogP contribution in [0.3, 0.4) is 0 Å². The summed E-state index contributed by atoms with van der Waals surface area (Å²) in [5, 5.41) is 45.8. The molecule has 2 aliphatic rings. The molecule has 32 heavy (non-hydrogen) atoms. The van der Waals surface area contributed by atoms with Crippen molar-refractivity contribution in [1.29, 1.82) is 0 Å². The summed E-state index contributed by atoms with van der Waals surface area (Å²) in [4.78, 5) is 27.8. The molecule has 2 fully saturated rings. The monoisotopic (exact) mass is 448 g/mol. The molecule has 2 aliphatic heterocycles. The molecule has 1 aromatic heterocycles. The van der Waals surface area contributed by atoms with Crippen LogP contribution in [0, 0.1) is 10.1 Å². The molecule has 172 valence electrons. The summed E-state index contributed by atoms with van der Waals surface area (Å²) in [7, 11) is 0. The van der Waals surface area contributed by atoms with Gasteiger partial charge in [0.05, 0.1) is 17.2 Å². The molecule has 2 saturated heterocycles. The number of non-ortho nitro benzene ring substituents is 1. The van der Waals surface area contributed by atoms with Crippen molar-refractivity contribution in [3.63, 3.8) is 0 Å². The SMILES string of the molecule is O=C(NN1CCNCC1)c1nc(-c2ccc([N+](=O)[O-])cc2)cn1[C@@H]1O[C@H](CO)[C@@H](O)[C@H]1O. The van der Waals surface area contributed by atoms with Crippen LogP contribution in [-0.2, 0) is 4.74 Å². The maximum absolute atomic E-state index is 13.0. The fourth-order valence-corrected chi connectivity index (χ4v) is 3.73. The Bertz CT molecular complexity index is 975. The van der Waals surface area contributed by atoms with Gasteiger partial charge in [-0.1, -0.05) is 0 Å². The van der Waals surface area contributed by atoms with E-state index in [4.69, 9.17) is 4.74 Å². The van der Waals surface area contributed by atoms with E-state index in [9.17, 15) is 30.2 Å². The molecule has 0 unspecified atom stereocenters. The lowest BCUT2D eigenvalue weighted by molar-refractivity contribution is -0.384. The minimum Gasteiger partial charge on any atom is -0.394 e. The maximum atomic E-state index is 13.0. The third-order valence-electron chi connectivity index (χ3n) is 5.48. The fourth-order valence-electron chi connectivity index (χ4n) is 3.73. The molecule has 1 aromatic carbocycles. The summed E-state index contributed by atoms with van der Waals surface area (Å²) < 4.78 is 6.89. The lowest BCUT2D eigenvalue weighted by atomic mass is 10.1. The Hall–Kier alpha value is -2.94. The third kappa shape index (κ3) is 4.34. The second-order valence-corrected chi connectivity index (χ2v) is 7.57. The average Bonchev–Trinajstić information content (AvgIpc) is 3.36. The number of hydrogen-bond acceptors (Lipinski definition) is 10. The lowest BCUT2D eigenvalue weighted by Gasteiger charge is -2.27. The normalized spacial score (nSPS) is 26.2. The Kier molecular flexibility index (Phi) is 6.45. The van der Waals surface area contributed by atoms with Crippen LogP contribution in [0.5, 0.6) is 0 Å². The van der Waals surface area contributed by atoms with Crippen molar-refractivity contribution in [2.24, 2.45) is 0 Å². The Morgan fingerprint density at radius 1 is 1.25 bits per heavy atom. The highest BCUT2D eigenvalue weighted by Gasteiger charge is 2.44. The highest BCUT2D eigenvalue weighted by molar-refractivity contribution is 5.91. The second kappa shape index (κ2) is 9.28. The molecule has 0 aliphatic carbocycles. The van der Waals surface area contributed by atoms with E-state index in [0.717, 1.165) is 0 Å². The summed E-state index contributed by atoms with van der Waals surface area (Å²) in [6.45, 7) is 2.08. The van der Waals surface area contributed by atoms with Crippen LogP contribution < -0.4 is 10.7 Å². The molecule has 2 aromatic rings. The van der Waals surface area contributed by atoms with Crippen LogP contribution in [0.4, 0.5) is 5.69 Å². The zero-order valence-electron chi connectivity index (χ0n) is 17.0. The number of nitro groups is 1. The zero-order valence-corrected chi connectivity index (χ0v) is 17.0. The fraction of sp³-hybridized carbons (Fsp3) is 0.474. The first-order valence-corrected chi connectivity index (χ1v) is 10.1. The minimum absolute atomic E-state index is 0.0771. The number of aliphatic hydroxyl groups is 3. The third-order valence-corrected chi connectivity index (χ3v) is 5.48. The largest absolute Gasteiger partial charge is 0.394 e. The van der Waals surface area contributed by atoms with Crippen molar-refractivity contribution in [3.8, 4) is 11.3 Å². The molecular weight excluding hydrogens is 424 g/mol. The first kappa shape index (κ1) is 22.3. The summed E-state index contributed by atoms with van der Waals surface area (Å²) in [5.74, 6) is -0.621. The van der Waals surface area contributed by atoms with Gasteiger partial charge < -0.3 is 25.4 Å². The van der Waals surface area contributed by atoms with Crippen LogP contribution >= 0.6 is 0 Å². The van der Waals surface area contributed by atoms with Crippen LogP contribution in [-0.4, -0.2) is 91.8 Å². The Labute approximate surface area is 182 Å². The number of hydrazine groups is 1. The molecule has 0 bridgehead atoms. The van der Waals surface area contributed by atoms with E-state index in [1.54, 1.807) is 5.01 Å². The number of imidazole rings is 1. The van der Waals surface area contributed by atoms with Crippen molar-refractivity contribution < 1.29 is 29.8 Å². The van der Waals surface area contributed by atoms with E-state index in [-0.39, 0.29) is 11.5 Å². The standard InChI is InChI=1S/C19H24N6O7/c26-10-14-15(27)16(28)19(32-14)24-9-13(11-1-3-12(4-2-11)25(30)31)21-17(24)18(29)22-23-7-5-20-6-8-23/h1-4,9,14-16,19-20,26-28H,5-8,10H2,(H,22,29)/t14-,15-,16-,19-/m1/s1.